The average Bonchev–Trinajstić information content (AvgIpc) is 3.55. The lowest BCUT2D eigenvalue weighted by molar-refractivity contribution is 0.251. The third-order valence-corrected chi connectivity index (χ3v) is 9.02. The lowest BCUT2D eigenvalue weighted by Gasteiger charge is -2.25. The van der Waals surface area contributed by atoms with Crippen LogP contribution in [0.5, 0.6) is 5.75 Å². The highest BCUT2D eigenvalue weighted by molar-refractivity contribution is 7.27. The van der Waals surface area contributed by atoms with E-state index in [4.69, 9.17) is 4.74 Å². The first-order chi connectivity index (χ1) is 16.1. The summed E-state index contributed by atoms with van der Waals surface area (Å²) in [4.78, 5) is 28.3. The van der Waals surface area contributed by atoms with Gasteiger partial charge in [-0.2, -0.15) is 9.61 Å². The maximum absolute atomic E-state index is 13.3. The van der Waals surface area contributed by atoms with Gasteiger partial charge in [0.05, 0.1) is 31.8 Å². The van der Waals surface area contributed by atoms with Crippen LogP contribution in [0.25, 0.3) is 15.9 Å². The molecule has 168 valence electrons. The van der Waals surface area contributed by atoms with Gasteiger partial charge in [0.15, 0.2) is 10.5 Å². The van der Waals surface area contributed by atoms with Crippen LogP contribution in [0.4, 0.5) is 0 Å². The summed E-state index contributed by atoms with van der Waals surface area (Å²) in [7, 11) is 1.78. The molecule has 8 nitrogen and oxygen atoms in total. The highest BCUT2D eigenvalue weighted by atomic mass is 32.2. The molecule has 0 aliphatic carbocycles. The van der Waals surface area contributed by atoms with Gasteiger partial charge in [-0.3, -0.25) is 9.47 Å². The quantitative estimate of drug-likeness (QED) is 0.360. The average molecular weight is 480 g/mol. The Bertz CT molecular complexity index is 1530. The Balaban J connectivity index is 1.44. The fourth-order valence-corrected chi connectivity index (χ4v) is 6.89. The SMILES string of the molecule is COc1ccc(Cn2c(=O)n3ncnc3c3c4c(sc32)CN(Cc2cnc[s+]2C)CC4)cc1. The second-order valence-corrected chi connectivity index (χ2v) is 11.2. The Morgan fingerprint density at radius 1 is 1.21 bits per heavy atom. The van der Waals surface area contributed by atoms with Crippen LogP contribution in [-0.2, 0) is 32.3 Å². The highest BCUT2D eigenvalue weighted by Gasteiger charge is 2.27. The normalized spacial score (nSPS) is 14.8. The molecule has 0 N–H and O–H groups in total. The highest BCUT2D eigenvalue weighted by Crippen LogP contribution is 2.37. The van der Waals surface area contributed by atoms with Crippen molar-refractivity contribution in [2.45, 2.75) is 26.1 Å². The van der Waals surface area contributed by atoms with Crippen LogP contribution in [0.2, 0.25) is 0 Å². The monoisotopic (exact) mass is 479 g/mol. The van der Waals surface area contributed by atoms with Crippen molar-refractivity contribution in [3.05, 3.63) is 73.7 Å². The molecular weight excluding hydrogens is 456 g/mol. The van der Waals surface area contributed by atoms with E-state index < -0.39 is 0 Å². The zero-order chi connectivity index (χ0) is 22.5. The van der Waals surface area contributed by atoms with Crippen LogP contribution in [0.15, 0.2) is 47.1 Å². The molecule has 1 aromatic carbocycles. The van der Waals surface area contributed by atoms with E-state index in [-0.39, 0.29) is 16.2 Å². The molecule has 5 aromatic rings. The molecule has 6 rings (SSSR count). The maximum Gasteiger partial charge on any atom is 0.352 e. The molecule has 4 aromatic heterocycles. The minimum absolute atomic E-state index is 0.125. The largest absolute Gasteiger partial charge is 0.497 e. The first-order valence-electron chi connectivity index (χ1n) is 10.7. The first kappa shape index (κ1) is 20.5. The van der Waals surface area contributed by atoms with E-state index in [9.17, 15) is 4.79 Å². The molecule has 0 saturated carbocycles. The zero-order valence-corrected chi connectivity index (χ0v) is 20.0. The number of nitrogens with zero attached hydrogens (tertiary/aromatic N) is 6. The van der Waals surface area contributed by atoms with E-state index in [1.165, 1.54) is 26.2 Å². The van der Waals surface area contributed by atoms with Crippen LogP contribution in [0.3, 0.4) is 0 Å². The van der Waals surface area contributed by atoms with Gasteiger partial charge in [0.25, 0.3) is 0 Å². The van der Waals surface area contributed by atoms with Crippen LogP contribution in [0, 0.1) is 0 Å². The number of thiazole rings is 1. The number of hydrogen-bond donors (Lipinski definition) is 0. The summed E-state index contributed by atoms with van der Waals surface area (Å²) in [5.74, 6) is 0.798. The zero-order valence-electron chi connectivity index (χ0n) is 18.4. The fraction of sp³-hybridized carbons (Fsp3) is 0.304. The first-order valence-corrected chi connectivity index (χ1v) is 13.2. The van der Waals surface area contributed by atoms with E-state index in [1.807, 2.05) is 40.5 Å². The number of rotatable bonds is 5. The van der Waals surface area contributed by atoms with Crippen molar-refractivity contribution >= 4 is 37.7 Å². The number of aromatic nitrogens is 5. The van der Waals surface area contributed by atoms with Gasteiger partial charge >= 0.3 is 5.69 Å². The van der Waals surface area contributed by atoms with Gasteiger partial charge in [-0.1, -0.05) is 12.1 Å². The smallest absolute Gasteiger partial charge is 0.352 e. The second-order valence-electron chi connectivity index (χ2n) is 8.26. The predicted molar refractivity (Wildman–Crippen MR) is 130 cm³/mol. The van der Waals surface area contributed by atoms with Gasteiger partial charge in [0.2, 0.25) is 5.51 Å². The summed E-state index contributed by atoms with van der Waals surface area (Å²) in [5, 5.41) is 5.31. The summed E-state index contributed by atoms with van der Waals surface area (Å²) in [6, 6.07) is 7.84. The topological polar surface area (TPSA) is 77.5 Å². The molecule has 0 fully saturated rings. The van der Waals surface area contributed by atoms with Crippen molar-refractivity contribution in [2.24, 2.45) is 6.26 Å². The second kappa shape index (κ2) is 8.05. The molecule has 0 spiro atoms. The maximum atomic E-state index is 13.3. The molecule has 0 radical (unpaired) electrons. The molecule has 1 aliphatic rings. The lowest BCUT2D eigenvalue weighted by Crippen LogP contribution is -2.29. The molecule has 10 heteroatoms. The summed E-state index contributed by atoms with van der Waals surface area (Å²) in [5.41, 5.74) is 4.87. The third kappa shape index (κ3) is 3.45. The number of ether oxygens (including phenoxy) is 1. The Morgan fingerprint density at radius 3 is 2.82 bits per heavy atom. The molecule has 1 aliphatic heterocycles. The van der Waals surface area contributed by atoms with Crippen LogP contribution in [0.1, 0.15) is 20.9 Å². The Labute approximate surface area is 196 Å². The summed E-state index contributed by atoms with van der Waals surface area (Å²) in [6.45, 7) is 3.26. The Kier molecular flexibility index (Phi) is 5.01. The molecule has 0 amide bonds. The van der Waals surface area contributed by atoms with Gasteiger partial charge < -0.3 is 4.74 Å². The van der Waals surface area contributed by atoms with Gasteiger partial charge in [-0.25, -0.2) is 14.8 Å². The van der Waals surface area contributed by atoms with Crippen molar-refractivity contribution in [3.63, 3.8) is 0 Å². The third-order valence-electron chi connectivity index (χ3n) is 6.28. The number of methoxy groups -OCH3 is 1. The molecular formula is C23H23N6O2S2+. The van der Waals surface area contributed by atoms with Crippen LogP contribution in [-0.4, -0.2) is 42.7 Å². The molecule has 0 bridgehead atoms. The number of hydrogen-bond acceptors (Lipinski definition) is 7. The molecule has 5 heterocycles. The minimum atomic E-state index is -0.162. The van der Waals surface area contributed by atoms with E-state index in [0.717, 1.165) is 47.6 Å². The number of benzene rings is 1. The van der Waals surface area contributed by atoms with E-state index in [2.05, 4.69) is 26.2 Å². The standard InChI is InChI=1S/C23H23N6O2S2/c1-31-16-5-3-15(4-6-16)10-28-22-20(21-25-13-26-29(21)23(28)30)18-7-8-27(12-19(18)32-22)11-17-9-24-14-33(17)2/h3-6,9,13-14H,7-8,10-12H2,1-2H3/q+1. The summed E-state index contributed by atoms with van der Waals surface area (Å²) >= 11 is 1.72. The molecule has 1 unspecified atom stereocenters. The molecule has 0 saturated heterocycles. The van der Waals surface area contributed by atoms with Gasteiger partial charge in [-0.15, -0.1) is 11.3 Å². The van der Waals surface area contributed by atoms with Gasteiger partial charge in [0, 0.05) is 18.0 Å². The van der Waals surface area contributed by atoms with Crippen LogP contribution < -0.4 is 10.4 Å². The number of aryl methyl sites for hydroxylation is 1. The Hall–Kier alpha value is -3.08. The molecule has 33 heavy (non-hydrogen) atoms. The fourth-order valence-electron chi connectivity index (χ4n) is 4.52. The summed E-state index contributed by atoms with van der Waals surface area (Å²) < 4.78 is 8.55. The summed E-state index contributed by atoms with van der Waals surface area (Å²) in [6.07, 6.45) is 6.64. The predicted octanol–water partition coefficient (Wildman–Crippen LogP) is 3.40. The van der Waals surface area contributed by atoms with Crippen molar-refractivity contribution in [3.8, 4) is 5.75 Å². The molecule has 1 atom stereocenters. The van der Waals surface area contributed by atoms with Crippen molar-refractivity contribution in [1.82, 2.24) is 29.0 Å². The lowest BCUT2D eigenvalue weighted by atomic mass is 10.1. The van der Waals surface area contributed by atoms with Crippen LogP contribution >= 0.6 is 21.8 Å². The van der Waals surface area contributed by atoms with Gasteiger partial charge in [0.1, 0.15) is 23.2 Å². The number of fused-ring (bicyclic) bond motifs is 5. The van der Waals surface area contributed by atoms with E-state index in [1.54, 1.807) is 18.4 Å². The number of thiophene rings is 1. The Morgan fingerprint density at radius 2 is 2.06 bits per heavy atom. The van der Waals surface area contributed by atoms with E-state index in [0.29, 0.717) is 12.2 Å². The minimum Gasteiger partial charge on any atom is -0.497 e. The van der Waals surface area contributed by atoms with Gasteiger partial charge in [-0.05, 0) is 40.2 Å². The van der Waals surface area contributed by atoms with Crippen molar-refractivity contribution < 1.29 is 4.74 Å². The van der Waals surface area contributed by atoms with Crippen molar-refractivity contribution in [1.29, 1.82) is 0 Å². The van der Waals surface area contributed by atoms with E-state index >= 15 is 0 Å². The van der Waals surface area contributed by atoms with Crippen molar-refractivity contribution in [2.75, 3.05) is 13.7 Å².